The topological polar surface area (TPSA) is 69.6 Å². The van der Waals surface area contributed by atoms with E-state index < -0.39 is 12.0 Å². The van der Waals surface area contributed by atoms with E-state index in [2.05, 4.69) is 5.32 Å². The zero-order chi connectivity index (χ0) is 14.3. The van der Waals surface area contributed by atoms with E-state index in [1.165, 1.54) is 11.0 Å². The predicted octanol–water partition coefficient (Wildman–Crippen LogP) is 1.48. The monoisotopic (exact) mass is 268 g/mol. The van der Waals surface area contributed by atoms with E-state index in [1.54, 1.807) is 25.1 Å². The van der Waals surface area contributed by atoms with Gasteiger partial charge in [0.15, 0.2) is 0 Å². The van der Waals surface area contributed by atoms with Crippen molar-refractivity contribution in [1.82, 2.24) is 10.2 Å². The molecule has 104 valence electrons. The fraction of sp³-hybridized carbons (Fsp3) is 0.385. The normalized spacial score (nSPS) is 10.0. The number of carboxylic acids is 1. The summed E-state index contributed by atoms with van der Waals surface area (Å²) in [6.45, 7) is 1.91. The van der Waals surface area contributed by atoms with Crippen molar-refractivity contribution in [3.8, 4) is 0 Å². The lowest BCUT2D eigenvalue weighted by atomic mass is 10.1. The van der Waals surface area contributed by atoms with Crippen LogP contribution < -0.4 is 5.32 Å². The van der Waals surface area contributed by atoms with Crippen molar-refractivity contribution in [3.63, 3.8) is 0 Å². The maximum Gasteiger partial charge on any atom is 0.323 e. The number of nitrogens with one attached hydrogen (secondary N) is 1. The molecule has 2 N–H and O–H groups in total. The number of likely N-dealkylation sites (N-methyl/N-ethyl adjacent to an activating group) is 1. The van der Waals surface area contributed by atoms with Crippen LogP contribution in [-0.2, 0) is 11.2 Å². The third-order valence-electron chi connectivity index (χ3n) is 2.62. The molecule has 0 fully saturated rings. The van der Waals surface area contributed by atoms with E-state index in [1.807, 2.05) is 0 Å². The van der Waals surface area contributed by atoms with E-state index in [4.69, 9.17) is 5.11 Å². The second-order valence-corrected chi connectivity index (χ2v) is 3.98. The third kappa shape index (κ3) is 4.95. The van der Waals surface area contributed by atoms with Gasteiger partial charge in [-0.15, -0.1) is 0 Å². The van der Waals surface area contributed by atoms with Gasteiger partial charge in [0.05, 0.1) is 0 Å². The average Bonchev–Trinajstić information content (AvgIpc) is 2.37. The van der Waals surface area contributed by atoms with Crippen molar-refractivity contribution in [2.24, 2.45) is 0 Å². The lowest BCUT2D eigenvalue weighted by molar-refractivity contribution is -0.137. The molecule has 2 amide bonds. The van der Waals surface area contributed by atoms with Crippen LogP contribution in [0.4, 0.5) is 9.18 Å². The molecule has 0 heterocycles. The number of hydrogen-bond donors (Lipinski definition) is 2. The molecule has 0 atom stereocenters. The highest BCUT2D eigenvalue weighted by Crippen LogP contribution is 2.06. The second kappa shape index (κ2) is 7.35. The Morgan fingerprint density at radius 2 is 2.05 bits per heavy atom. The average molecular weight is 268 g/mol. The maximum atomic E-state index is 13.3. The number of carbonyl (C=O) groups excluding carboxylic acids is 1. The van der Waals surface area contributed by atoms with Crippen LogP contribution in [0.2, 0.25) is 0 Å². The summed E-state index contributed by atoms with van der Waals surface area (Å²) in [5, 5.41) is 11.2. The number of carbonyl (C=O) groups is 2. The minimum Gasteiger partial charge on any atom is -0.480 e. The minimum absolute atomic E-state index is 0.260. The number of urea groups is 1. The summed E-state index contributed by atoms with van der Waals surface area (Å²) in [6.07, 6.45) is 0.364. The molecule has 0 aromatic heterocycles. The zero-order valence-electron chi connectivity index (χ0n) is 10.7. The molecule has 0 saturated heterocycles. The van der Waals surface area contributed by atoms with E-state index in [9.17, 15) is 14.0 Å². The molecular formula is C13H17FN2O3. The summed E-state index contributed by atoms with van der Waals surface area (Å²) in [5.41, 5.74) is 0.518. The van der Waals surface area contributed by atoms with E-state index in [0.717, 1.165) is 0 Å². The first-order chi connectivity index (χ1) is 9.04. The van der Waals surface area contributed by atoms with Gasteiger partial charge in [-0.3, -0.25) is 4.79 Å². The number of rotatable bonds is 6. The molecule has 0 bridgehead atoms. The van der Waals surface area contributed by atoms with Gasteiger partial charge in [0.25, 0.3) is 0 Å². The van der Waals surface area contributed by atoms with E-state index in [-0.39, 0.29) is 18.9 Å². The van der Waals surface area contributed by atoms with Crippen LogP contribution in [0.1, 0.15) is 12.5 Å². The first-order valence-corrected chi connectivity index (χ1v) is 6.02. The van der Waals surface area contributed by atoms with Gasteiger partial charge in [0.2, 0.25) is 0 Å². The van der Waals surface area contributed by atoms with Crippen LogP contribution in [0.3, 0.4) is 0 Å². The van der Waals surface area contributed by atoms with Gasteiger partial charge in [-0.2, -0.15) is 0 Å². The lowest BCUT2D eigenvalue weighted by Gasteiger charge is -2.19. The molecule has 0 unspecified atom stereocenters. The highest BCUT2D eigenvalue weighted by molar-refractivity contribution is 5.80. The zero-order valence-corrected chi connectivity index (χ0v) is 10.7. The van der Waals surface area contributed by atoms with Crippen molar-refractivity contribution in [1.29, 1.82) is 0 Å². The fourth-order valence-corrected chi connectivity index (χ4v) is 1.61. The van der Waals surface area contributed by atoms with Gasteiger partial charge in [-0.25, -0.2) is 9.18 Å². The number of halogens is 1. The first-order valence-electron chi connectivity index (χ1n) is 6.02. The SMILES string of the molecule is CCN(CC(=O)O)C(=O)NCCc1ccccc1F. The molecule has 1 rings (SSSR count). The Morgan fingerprint density at radius 3 is 2.63 bits per heavy atom. The molecule has 0 aliphatic heterocycles. The molecule has 0 aliphatic rings. The molecule has 0 spiro atoms. The lowest BCUT2D eigenvalue weighted by Crippen LogP contribution is -2.43. The Morgan fingerprint density at radius 1 is 1.37 bits per heavy atom. The Bertz CT molecular complexity index is 451. The van der Waals surface area contributed by atoms with Gasteiger partial charge < -0.3 is 15.3 Å². The van der Waals surface area contributed by atoms with Gasteiger partial charge in [0, 0.05) is 13.1 Å². The van der Waals surface area contributed by atoms with Crippen molar-refractivity contribution < 1.29 is 19.1 Å². The standard InChI is InChI=1S/C13H17FN2O3/c1-2-16(9-12(17)18)13(19)15-8-7-10-5-3-4-6-11(10)14/h3-6H,2,7-9H2,1H3,(H,15,19)(H,17,18). The van der Waals surface area contributed by atoms with Gasteiger partial charge in [0.1, 0.15) is 12.4 Å². The van der Waals surface area contributed by atoms with Gasteiger partial charge in [-0.1, -0.05) is 18.2 Å². The summed E-state index contributed by atoms with van der Waals surface area (Å²) < 4.78 is 13.3. The van der Waals surface area contributed by atoms with Crippen molar-refractivity contribution in [2.75, 3.05) is 19.6 Å². The second-order valence-electron chi connectivity index (χ2n) is 3.98. The van der Waals surface area contributed by atoms with Crippen LogP contribution >= 0.6 is 0 Å². The summed E-state index contributed by atoms with van der Waals surface area (Å²) in [4.78, 5) is 23.4. The van der Waals surface area contributed by atoms with Crippen LogP contribution in [0.15, 0.2) is 24.3 Å². The molecule has 0 aliphatic carbocycles. The smallest absolute Gasteiger partial charge is 0.323 e. The summed E-state index contributed by atoms with van der Waals surface area (Å²) in [5.74, 6) is -1.37. The number of amides is 2. The van der Waals surface area contributed by atoms with Gasteiger partial charge >= 0.3 is 12.0 Å². The molecule has 0 saturated carbocycles. The fourth-order valence-electron chi connectivity index (χ4n) is 1.61. The highest BCUT2D eigenvalue weighted by atomic mass is 19.1. The van der Waals surface area contributed by atoms with Crippen molar-refractivity contribution in [3.05, 3.63) is 35.6 Å². The van der Waals surface area contributed by atoms with Crippen molar-refractivity contribution in [2.45, 2.75) is 13.3 Å². The Balaban J connectivity index is 2.42. The molecule has 1 aromatic carbocycles. The maximum absolute atomic E-state index is 13.3. The quantitative estimate of drug-likeness (QED) is 0.821. The molecular weight excluding hydrogens is 251 g/mol. The molecule has 1 aromatic rings. The number of hydrogen-bond acceptors (Lipinski definition) is 2. The Labute approximate surface area is 111 Å². The Hall–Kier alpha value is -2.11. The van der Waals surface area contributed by atoms with Crippen molar-refractivity contribution >= 4 is 12.0 Å². The third-order valence-corrected chi connectivity index (χ3v) is 2.62. The van der Waals surface area contributed by atoms with Crippen LogP contribution in [-0.4, -0.2) is 41.6 Å². The molecule has 5 nitrogen and oxygen atoms in total. The van der Waals surface area contributed by atoms with E-state index in [0.29, 0.717) is 18.5 Å². The van der Waals surface area contributed by atoms with Gasteiger partial charge in [-0.05, 0) is 25.0 Å². The summed E-state index contributed by atoms with van der Waals surface area (Å²) in [6, 6.07) is 5.88. The number of carboxylic acid groups (broad SMARTS) is 1. The molecule has 0 radical (unpaired) electrons. The van der Waals surface area contributed by atoms with Crippen LogP contribution in [0, 0.1) is 5.82 Å². The molecule has 6 heteroatoms. The predicted molar refractivity (Wildman–Crippen MR) is 68.4 cm³/mol. The number of benzene rings is 1. The summed E-state index contributed by atoms with van der Waals surface area (Å²) in [7, 11) is 0. The van der Waals surface area contributed by atoms with Crippen LogP contribution in [0.25, 0.3) is 0 Å². The molecule has 19 heavy (non-hydrogen) atoms. The first kappa shape index (κ1) is 14.9. The summed E-state index contributed by atoms with van der Waals surface area (Å²) >= 11 is 0. The number of nitrogens with zero attached hydrogens (tertiary/aromatic N) is 1. The van der Waals surface area contributed by atoms with E-state index >= 15 is 0 Å². The number of aliphatic carboxylic acids is 1. The highest BCUT2D eigenvalue weighted by Gasteiger charge is 2.14. The van der Waals surface area contributed by atoms with Crippen LogP contribution in [0.5, 0.6) is 0 Å². The minimum atomic E-state index is -1.06. The largest absolute Gasteiger partial charge is 0.480 e. The Kier molecular flexibility index (Phi) is 5.78.